The van der Waals surface area contributed by atoms with Gasteiger partial charge in [0.1, 0.15) is 7.85 Å². The number of carboxylic acid groups (broad SMARTS) is 1. The van der Waals surface area contributed by atoms with E-state index >= 15 is 0 Å². The maximum atomic E-state index is 10.5. The molecule has 0 amide bonds. The van der Waals surface area contributed by atoms with Crippen LogP contribution >= 0.6 is 0 Å². The van der Waals surface area contributed by atoms with Gasteiger partial charge in [0.2, 0.25) is 0 Å². The summed E-state index contributed by atoms with van der Waals surface area (Å²) < 4.78 is 0. The summed E-state index contributed by atoms with van der Waals surface area (Å²) in [5.41, 5.74) is 2.49. The van der Waals surface area contributed by atoms with Crippen molar-refractivity contribution < 1.29 is 9.90 Å². The summed E-state index contributed by atoms with van der Waals surface area (Å²) in [5, 5.41) is 8.60. The number of carbonyl (C=O) groups is 1. The first-order chi connectivity index (χ1) is 5.11. The second kappa shape index (κ2) is 2.78. The standard InChI is InChI=1S/C8H9BO2/c1-5-2-3-6(8(10)11)4-7(5)9/h2-4H,9H2,1H3,(H,10,11). The number of carboxylic acids is 1. The SMILES string of the molecule is Bc1cc(C(=O)O)ccc1C. The second-order valence-corrected chi connectivity index (χ2v) is 2.60. The Hall–Kier alpha value is -1.25. The van der Waals surface area contributed by atoms with Crippen molar-refractivity contribution >= 4 is 19.3 Å². The zero-order chi connectivity index (χ0) is 8.43. The molecule has 0 atom stereocenters. The lowest BCUT2D eigenvalue weighted by atomic mass is 9.90. The van der Waals surface area contributed by atoms with E-state index in [0.29, 0.717) is 5.56 Å². The molecule has 0 saturated heterocycles. The minimum atomic E-state index is -0.867. The highest BCUT2D eigenvalue weighted by Crippen LogP contribution is 1.99. The van der Waals surface area contributed by atoms with Crippen LogP contribution in [0.4, 0.5) is 0 Å². The minimum absolute atomic E-state index is 0.355. The first-order valence-corrected chi connectivity index (χ1v) is 3.42. The number of rotatable bonds is 1. The largest absolute Gasteiger partial charge is 0.478 e. The summed E-state index contributed by atoms with van der Waals surface area (Å²) in [5.74, 6) is -0.867. The summed E-state index contributed by atoms with van der Waals surface area (Å²) >= 11 is 0. The summed E-state index contributed by atoms with van der Waals surface area (Å²) in [6.07, 6.45) is 0. The second-order valence-electron chi connectivity index (χ2n) is 2.60. The summed E-state index contributed by atoms with van der Waals surface area (Å²) in [7, 11) is 1.90. The zero-order valence-electron chi connectivity index (χ0n) is 6.59. The predicted octanol–water partition coefficient (Wildman–Crippen LogP) is -0.0484. The van der Waals surface area contributed by atoms with E-state index in [0.717, 1.165) is 11.0 Å². The predicted molar refractivity (Wildman–Crippen MR) is 46.3 cm³/mol. The Balaban J connectivity index is 3.15. The van der Waals surface area contributed by atoms with Crippen LogP contribution in [-0.4, -0.2) is 18.9 Å². The van der Waals surface area contributed by atoms with E-state index in [2.05, 4.69) is 0 Å². The van der Waals surface area contributed by atoms with Crippen molar-refractivity contribution in [3.8, 4) is 0 Å². The Morgan fingerprint density at radius 3 is 2.64 bits per heavy atom. The molecule has 0 aliphatic rings. The molecule has 0 spiro atoms. The normalized spacial score (nSPS) is 9.55. The topological polar surface area (TPSA) is 37.3 Å². The van der Waals surface area contributed by atoms with Gasteiger partial charge in [-0.25, -0.2) is 4.79 Å². The fourth-order valence-corrected chi connectivity index (χ4v) is 0.874. The lowest BCUT2D eigenvalue weighted by Gasteiger charge is -1.99. The molecule has 1 N–H and O–H groups in total. The highest BCUT2D eigenvalue weighted by Gasteiger charge is 2.01. The van der Waals surface area contributed by atoms with E-state index < -0.39 is 5.97 Å². The molecule has 0 aliphatic carbocycles. The Morgan fingerprint density at radius 1 is 1.55 bits per heavy atom. The van der Waals surface area contributed by atoms with Gasteiger partial charge in [0.15, 0.2) is 0 Å². The van der Waals surface area contributed by atoms with Crippen molar-refractivity contribution in [3.05, 3.63) is 29.3 Å². The smallest absolute Gasteiger partial charge is 0.335 e. The van der Waals surface area contributed by atoms with E-state index in [1.807, 2.05) is 20.8 Å². The van der Waals surface area contributed by atoms with Crippen LogP contribution in [0.25, 0.3) is 0 Å². The number of hydrogen-bond donors (Lipinski definition) is 1. The maximum Gasteiger partial charge on any atom is 0.335 e. The highest BCUT2D eigenvalue weighted by atomic mass is 16.4. The molecule has 0 radical (unpaired) electrons. The van der Waals surface area contributed by atoms with Crippen molar-refractivity contribution in [2.75, 3.05) is 0 Å². The third-order valence-corrected chi connectivity index (χ3v) is 1.75. The first-order valence-electron chi connectivity index (χ1n) is 3.42. The van der Waals surface area contributed by atoms with Gasteiger partial charge in [-0.3, -0.25) is 0 Å². The van der Waals surface area contributed by atoms with E-state index in [-0.39, 0.29) is 0 Å². The van der Waals surface area contributed by atoms with Crippen LogP contribution in [0, 0.1) is 6.92 Å². The van der Waals surface area contributed by atoms with Gasteiger partial charge in [0, 0.05) is 0 Å². The van der Waals surface area contributed by atoms with Crippen LogP contribution in [0.3, 0.4) is 0 Å². The minimum Gasteiger partial charge on any atom is -0.478 e. The molecule has 2 nitrogen and oxygen atoms in total. The Bertz CT molecular complexity index is 294. The zero-order valence-corrected chi connectivity index (χ0v) is 6.59. The molecule has 0 saturated carbocycles. The summed E-state index contributed by atoms with van der Waals surface area (Å²) in [4.78, 5) is 10.5. The third-order valence-electron chi connectivity index (χ3n) is 1.75. The van der Waals surface area contributed by atoms with E-state index in [1.165, 1.54) is 0 Å². The monoisotopic (exact) mass is 148 g/mol. The van der Waals surface area contributed by atoms with Crippen LogP contribution in [0.1, 0.15) is 15.9 Å². The van der Waals surface area contributed by atoms with E-state index in [9.17, 15) is 4.79 Å². The van der Waals surface area contributed by atoms with Crippen LogP contribution in [0.5, 0.6) is 0 Å². The van der Waals surface area contributed by atoms with Crippen LogP contribution in [-0.2, 0) is 0 Å². The molecular weight excluding hydrogens is 139 g/mol. The molecule has 0 aliphatic heterocycles. The molecule has 0 bridgehead atoms. The highest BCUT2D eigenvalue weighted by molar-refractivity contribution is 6.33. The number of aryl methyl sites for hydroxylation is 1. The fraction of sp³-hybridized carbons (Fsp3) is 0.125. The average Bonchev–Trinajstić information content (AvgIpc) is 1.94. The van der Waals surface area contributed by atoms with Crippen molar-refractivity contribution in [2.24, 2.45) is 0 Å². The van der Waals surface area contributed by atoms with E-state index in [4.69, 9.17) is 5.11 Å². The Labute approximate surface area is 66.3 Å². The van der Waals surface area contributed by atoms with Crippen LogP contribution in [0.2, 0.25) is 0 Å². The lowest BCUT2D eigenvalue weighted by Crippen LogP contribution is -2.10. The molecule has 0 heterocycles. The van der Waals surface area contributed by atoms with Gasteiger partial charge in [-0.05, 0) is 13.0 Å². The van der Waals surface area contributed by atoms with Gasteiger partial charge < -0.3 is 5.11 Å². The lowest BCUT2D eigenvalue weighted by molar-refractivity contribution is 0.0697. The van der Waals surface area contributed by atoms with E-state index in [1.54, 1.807) is 12.1 Å². The molecule has 0 unspecified atom stereocenters. The molecule has 3 heteroatoms. The van der Waals surface area contributed by atoms with Crippen LogP contribution < -0.4 is 5.46 Å². The fourth-order valence-electron chi connectivity index (χ4n) is 0.874. The molecule has 0 fully saturated rings. The van der Waals surface area contributed by atoms with Gasteiger partial charge >= 0.3 is 5.97 Å². The van der Waals surface area contributed by atoms with Crippen molar-refractivity contribution in [2.45, 2.75) is 6.92 Å². The van der Waals surface area contributed by atoms with Crippen molar-refractivity contribution in [3.63, 3.8) is 0 Å². The third kappa shape index (κ3) is 1.61. The molecule has 56 valence electrons. The summed E-state index contributed by atoms with van der Waals surface area (Å²) in [6.45, 7) is 1.96. The van der Waals surface area contributed by atoms with Gasteiger partial charge in [0.05, 0.1) is 5.56 Å². The van der Waals surface area contributed by atoms with Gasteiger partial charge in [-0.15, -0.1) is 0 Å². The average molecular weight is 148 g/mol. The molecule has 1 aromatic rings. The van der Waals surface area contributed by atoms with Crippen molar-refractivity contribution in [1.29, 1.82) is 0 Å². The number of aromatic carboxylic acids is 1. The molecule has 1 aromatic carbocycles. The molecule has 1 rings (SSSR count). The summed E-state index contributed by atoms with van der Waals surface area (Å²) in [6, 6.07) is 5.11. The quantitative estimate of drug-likeness (QED) is 0.567. The first kappa shape index (κ1) is 7.86. The van der Waals surface area contributed by atoms with Crippen molar-refractivity contribution in [1.82, 2.24) is 0 Å². The van der Waals surface area contributed by atoms with Gasteiger partial charge in [-0.2, -0.15) is 0 Å². The molecular formula is C8H9BO2. The van der Waals surface area contributed by atoms with Gasteiger partial charge in [-0.1, -0.05) is 23.2 Å². The Kier molecular flexibility index (Phi) is 1.99. The number of benzene rings is 1. The maximum absolute atomic E-state index is 10.5. The van der Waals surface area contributed by atoms with Crippen LogP contribution in [0.15, 0.2) is 18.2 Å². The Morgan fingerprint density at radius 2 is 2.18 bits per heavy atom. The molecule has 11 heavy (non-hydrogen) atoms. The molecule has 0 aromatic heterocycles. The number of hydrogen-bond acceptors (Lipinski definition) is 1. The van der Waals surface area contributed by atoms with Gasteiger partial charge in [0.25, 0.3) is 0 Å².